The van der Waals surface area contributed by atoms with Crippen molar-refractivity contribution < 1.29 is 4.79 Å². The molecule has 0 unspecified atom stereocenters. The number of nitrogens with zero attached hydrogens (tertiary/aromatic N) is 2. The van der Waals surface area contributed by atoms with Crippen LogP contribution in [0.15, 0.2) is 16.8 Å². The van der Waals surface area contributed by atoms with Crippen molar-refractivity contribution in [1.82, 2.24) is 15.1 Å². The van der Waals surface area contributed by atoms with E-state index in [-0.39, 0.29) is 5.91 Å². The molecule has 4 nitrogen and oxygen atoms in total. The second kappa shape index (κ2) is 7.76. The Kier molecular flexibility index (Phi) is 6.01. The smallest absolute Gasteiger partial charge is 0.236 e. The van der Waals surface area contributed by atoms with E-state index in [4.69, 9.17) is 0 Å². The molecule has 1 fully saturated rings. The summed E-state index contributed by atoms with van der Waals surface area (Å²) in [5, 5.41) is 7.40. The largest absolute Gasteiger partial charge is 0.340 e. The van der Waals surface area contributed by atoms with E-state index in [1.165, 1.54) is 18.4 Å². The number of hydrogen-bond donors (Lipinski definition) is 1. The fourth-order valence-corrected chi connectivity index (χ4v) is 3.35. The molecule has 1 aliphatic heterocycles. The molecule has 5 heteroatoms. The van der Waals surface area contributed by atoms with Crippen LogP contribution in [0, 0.1) is 5.92 Å². The summed E-state index contributed by atoms with van der Waals surface area (Å²) >= 11 is 1.68. The molecule has 0 atom stereocenters. The van der Waals surface area contributed by atoms with Gasteiger partial charge in [0.2, 0.25) is 5.91 Å². The second-order valence-corrected chi connectivity index (χ2v) is 6.44. The molecule has 2 heterocycles. The van der Waals surface area contributed by atoms with Gasteiger partial charge in [0.05, 0.1) is 6.54 Å². The second-order valence-electron chi connectivity index (χ2n) is 5.66. The highest BCUT2D eigenvalue weighted by molar-refractivity contribution is 7.07. The van der Waals surface area contributed by atoms with E-state index in [1.807, 2.05) is 19.0 Å². The molecular formula is C15H25N3OS. The van der Waals surface area contributed by atoms with Crippen molar-refractivity contribution in [3.8, 4) is 0 Å². The summed E-state index contributed by atoms with van der Waals surface area (Å²) in [6.07, 6.45) is 2.39. The van der Waals surface area contributed by atoms with E-state index in [0.717, 1.165) is 32.1 Å². The first-order valence-corrected chi connectivity index (χ1v) is 8.25. The molecule has 0 spiro atoms. The summed E-state index contributed by atoms with van der Waals surface area (Å²) in [6, 6.07) is 2.08. The fraction of sp³-hybridized carbons (Fsp3) is 0.667. The first-order valence-electron chi connectivity index (χ1n) is 7.31. The van der Waals surface area contributed by atoms with Gasteiger partial charge in [-0.25, -0.2) is 0 Å². The van der Waals surface area contributed by atoms with Crippen molar-refractivity contribution in [3.63, 3.8) is 0 Å². The van der Waals surface area contributed by atoms with Crippen molar-refractivity contribution >= 4 is 17.2 Å². The first kappa shape index (κ1) is 15.5. The Morgan fingerprint density at radius 2 is 2.25 bits per heavy atom. The third kappa shape index (κ3) is 4.58. The normalized spacial score (nSPS) is 17.3. The van der Waals surface area contributed by atoms with Gasteiger partial charge in [0.1, 0.15) is 0 Å². The minimum Gasteiger partial charge on any atom is -0.340 e. The summed E-state index contributed by atoms with van der Waals surface area (Å²) in [6.45, 7) is 4.47. The summed E-state index contributed by atoms with van der Waals surface area (Å²) in [4.78, 5) is 16.3. The first-order chi connectivity index (χ1) is 9.69. The Labute approximate surface area is 125 Å². The van der Waals surface area contributed by atoms with Gasteiger partial charge < -0.3 is 10.2 Å². The monoisotopic (exact) mass is 295 g/mol. The van der Waals surface area contributed by atoms with Crippen molar-refractivity contribution in [1.29, 1.82) is 0 Å². The van der Waals surface area contributed by atoms with E-state index in [9.17, 15) is 4.79 Å². The van der Waals surface area contributed by atoms with Crippen molar-refractivity contribution in [3.05, 3.63) is 22.4 Å². The minimum atomic E-state index is 0.225. The standard InChI is InChI=1S/C15H25N3OS/c1-16-9-13-3-6-18(7-4-13)11-15(19)17(2)10-14-5-8-20-12-14/h5,8,12-13,16H,3-4,6-7,9-11H2,1-2H3. The van der Waals surface area contributed by atoms with Gasteiger partial charge in [-0.3, -0.25) is 9.69 Å². The number of carbonyl (C=O) groups is 1. The molecule has 0 bridgehead atoms. The van der Waals surface area contributed by atoms with Crippen LogP contribution >= 0.6 is 11.3 Å². The number of piperidine rings is 1. The molecule has 0 radical (unpaired) electrons. The lowest BCUT2D eigenvalue weighted by Gasteiger charge is -2.32. The van der Waals surface area contributed by atoms with Gasteiger partial charge in [-0.1, -0.05) is 0 Å². The van der Waals surface area contributed by atoms with Gasteiger partial charge in [0.15, 0.2) is 0 Å². The lowest BCUT2D eigenvalue weighted by molar-refractivity contribution is -0.132. The number of amides is 1. The molecule has 1 aliphatic rings. The van der Waals surface area contributed by atoms with Gasteiger partial charge in [0, 0.05) is 13.6 Å². The van der Waals surface area contributed by atoms with E-state index in [0.29, 0.717) is 6.54 Å². The third-order valence-corrected chi connectivity index (χ3v) is 4.72. The number of thiophene rings is 1. The fourth-order valence-electron chi connectivity index (χ4n) is 2.69. The van der Waals surface area contributed by atoms with Gasteiger partial charge in [0.25, 0.3) is 0 Å². The number of rotatable bonds is 6. The SMILES string of the molecule is CNCC1CCN(CC(=O)N(C)Cc2ccsc2)CC1. The molecule has 1 N–H and O–H groups in total. The van der Waals surface area contributed by atoms with Crippen molar-refractivity contribution in [2.24, 2.45) is 5.92 Å². The molecule has 1 aromatic rings. The van der Waals surface area contributed by atoms with Crippen molar-refractivity contribution in [2.45, 2.75) is 19.4 Å². The van der Waals surface area contributed by atoms with Crippen LogP contribution in [0.4, 0.5) is 0 Å². The van der Waals surface area contributed by atoms with Crippen LogP contribution in [0.1, 0.15) is 18.4 Å². The highest BCUT2D eigenvalue weighted by Crippen LogP contribution is 2.16. The van der Waals surface area contributed by atoms with Crippen molar-refractivity contribution in [2.75, 3.05) is 40.3 Å². The van der Waals surface area contributed by atoms with Gasteiger partial charge in [-0.15, -0.1) is 0 Å². The Balaban J connectivity index is 1.72. The molecule has 1 aromatic heterocycles. The zero-order valence-corrected chi connectivity index (χ0v) is 13.3. The van der Waals surface area contributed by atoms with E-state index in [2.05, 4.69) is 27.0 Å². The maximum atomic E-state index is 12.2. The molecule has 20 heavy (non-hydrogen) atoms. The molecule has 1 amide bonds. The number of hydrogen-bond acceptors (Lipinski definition) is 4. The summed E-state index contributed by atoms with van der Waals surface area (Å²) in [5.41, 5.74) is 1.22. The Bertz CT molecular complexity index is 399. The Morgan fingerprint density at radius 3 is 2.85 bits per heavy atom. The highest BCUT2D eigenvalue weighted by Gasteiger charge is 2.21. The minimum absolute atomic E-state index is 0.225. The lowest BCUT2D eigenvalue weighted by Crippen LogP contribution is -2.43. The number of carbonyl (C=O) groups excluding carboxylic acids is 1. The maximum absolute atomic E-state index is 12.2. The Morgan fingerprint density at radius 1 is 1.50 bits per heavy atom. The van der Waals surface area contributed by atoms with Gasteiger partial charge >= 0.3 is 0 Å². The lowest BCUT2D eigenvalue weighted by atomic mass is 9.97. The summed E-state index contributed by atoms with van der Waals surface area (Å²) in [7, 11) is 3.91. The average Bonchev–Trinajstić information content (AvgIpc) is 2.94. The average molecular weight is 295 g/mol. The van der Waals surface area contributed by atoms with Crippen LogP contribution in [-0.4, -0.2) is 56.0 Å². The van der Waals surface area contributed by atoms with Crippen LogP contribution in [0.25, 0.3) is 0 Å². The molecule has 2 rings (SSSR count). The molecule has 0 saturated carbocycles. The van der Waals surface area contributed by atoms with Gasteiger partial charge in [-0.05, 0) is 67.8 Å². The molecule has 1 saturated heterocycles. The van der Waals surface area contributed by atoms with Crippen LogP contribution in [0.5, 0.6) is 0 Å². The topological polar surface area (TPSA) is 35.6 Å². The maximum Gasteiger partial charge on any atom is 0.236 e. The van der Waals surface area contributed by atoms with E-state index in [1.54, 1.807) is 11.3 Å². The van der Waals surface area contributed by atoms with Crippen LogP contribution < -0.4 is 5.32 Å². The molecular weight excluding hydrogens is 270 g/mol. The number of nitrogens with one attached hydrogen (secondary N) is 1. The Hall–Kier alpha value is -0.910. The quantitative estimate of drug-likeness (QED) is 0.866. The predicted octanol–water partition coefficient (Wildman–Crippen LogP) is 1.64. The van der Waals surface area contributed by atoms with Gasteiger partial charge in [-0.2, -0.15) is 11.3 Å². The predicted molar refractivity (Wildman–Crippen MR) is 83.9 cm³/mol. The van der Waals surface area contributed by atoms with Crippen LogP contribution in [-0.2, 0) is 11.3 Å². The molecule has 0 aliphatic carbocycles. The zero-order chi connectivity index (χ0) is 14.4. The highest BCUT2D eigenvalue weighted by atomic mass is 32.1. The third-order valence-electron chi connectivity index (χ3n) is 3.98. The van der Waals surface area contributed by atoms with E-state index < -0.39 is 0 Å². The summed E-state index contributed by atoms with van der Waals surface area (Å²) < 4.78 is 0. The van der Waals surface area contributed by atoms with Crippen LogP contribution in [0.2, 0.25) is 0 Å². The van der Waals surface area contributed by atoms with E-state index >= 15 is 0 Å². The van der Waals surface area contributed by atoms with Crippen LogP contribution in [0.3, 0.4) is 0 Å². The number of likely N-dealkylation sites (N-methyl/N-ethyl adjacent to an activating group) is 1. The number of likely N-dealkylation sites (tertiary alicyclic amines) is 1. The molecule has 0 aromatic carbocycles. The summed E-state index contributed by atoms with van der Waals surface area (Å²) in [5.74, 6) is 0.998. The molecule has 112 valence electrons. The zero-order valence-electron chi connectivity index (χ0n) is 12.5.